The number of rotatable bonds is 5. The molecule has 0 aliphatic heterocycles. The zero-order valence-electron chi connectivity index (χ0n) is 11.9. The molecule has 92 valence electrons. The van der Waals surface area contributed by atoms with Gasteiger partial charge in [-0.2, -0.15) is 0 Å². The second-order valence-electron chi connectivity index (χ2n) is 7.15. The van der Waals surface area contributed by atoms with Crippen LogP contribution in [-0.4, -0.2) is 13.1 Å². The van der Waals surface area contributed by atoms with Gasteiger partial charge in [-0.25, -0.2) is 0 Å². The van der Waals surface area contributed by atoms with Crippen molar-refractivity contribution >= 4 is 0 Å². The Balaban J connectivity index is 3.48. The van der Waals surface area contributed by atoms with Gasteiger partial charge in [0.2, 0.25) is 0 Å². The van der Waals surface area contributed by atoms with Crippen LogP contribution in [0, 0.1) is 16.7 Å². The summed E-state index contributed by atoms with van der Waals surface area (Å²) >= 11 is 0. The van der Waals surface area contributed by atoms with Crippen LogP contribution in [0.1, 0.15) is 61.3 Å². The lowest BCUT2D eigenvalue weighted by Gasteiger charge is -2.27. The molecule has 0 rings (SSSR count). The van der Waals surface area contributed by atoms with Gasteiger partial charge in [0.1, 0.15) is 0 Å². The summed E-state index contributed by atoms with van der Waals surface area (Å²) in [6.07, 6.45) is 2.63. The lowest BCUT2D eigenvalue weighted by atomic mass is 9.79. The second kappa shape index (κ2) is 5.89. The molecular weight excluding hydrogens is 182 g/mol. The smallest absolute Gasteiger partial charge is 0.0000126 e. The summed E-state index contributed by atoms with van der Waals surface area (Å²) in [7, 11) is 0. The minimum atomic E-state index is 0.412. The molecule has 0 radical (unpaired) electrons. The van der Waals surface area contributed by atoms with Gasteiger partial charge >= 0.3 is 0 Å². The monoisotopic (exact) mass is 213 g/mol. The van der Waals surface area contributed by atoms with E-state index in [2.05, 4.69) is 53.8 Å². The Bertz CT molecular complexity index is 159. The lowest BCUT2D eigenvalue weighted by Crippen LogP contribution is -2.28. The molecule has 1 N–H and O–H groups in total. The van der Waals surface area contributed by atoms with Crippen LogP contribution >= 0.6 is 0 Å². The van der Waals surface area contributed by atoms with Crippen LogP contribution in [0.15, 0.2) is 0 Å². The van der Waals surface area contributed by atoms with E-state index in [0.717, 1.165) is 19.0 Å². The molecule has 0 aliphatic carbocycles. The SMILES string of the molecule is C[C@H](CCCNCC(C)(C)C)C(C)(C)C. The fourth-order valence-electron chi connectivity index (χ4n) is 1.43. The van der Waals surface area contributed by atoms with E-state index in [1.54, 1.807) is 0 Å². The number of hydrogen-bond donors (Lipinski definition) is 1. The summed E-state index contributed by atoms with van der Waals surface area (Å²) < 4.78 is 0. The van der Waals surface area contributed by atoms with Gasteiger partial charge < -0.3 is 5.32 Å². The molecule has 1 nitrogen and oxygen atoms in total. The maximum absolute atomic E-state index is 3.53. The van der Waals surface area contributed by atoms with Crippen LogP contribution in [0.4, 0.5) is 0 Å². The van der Waals surface area contributed by atoms with Gasteiger partial charge in [0.15, 0.2) is 0 Å². The highest BCUT2D eigenvalue weighted by Crippen LogP contribution is 2.28. The third-order valence-corrected chi connectivity index (χ3v) is 3.12. The maximum Gasteiger partial charge on any atom is -0.0000126 e. The average molecular weight is 213 g/mol. The summed E-state index contributed by atoms with van der Waals surface area (Å²) in [4.78, 5) is 0. The molecule has 0 saturated heterocycles. The highest BCUT2D eigenvalue weighted by Gasteiger charge is 2.19. The summed E-state index contributed by atoms with van der Waals surface area (Å²) in [5, 5.41) is 3.53. The van der Waals surface area contributed by atoms with Crippen molar-refractivity contribution in [2.75, 3.05) is 13.1 Å². The van der Waals surface area contributed by atoms with Crippen LogP contribution in [0.2, 0.25) is 0 Å². The first-order chi connectivity index (χ1) is 6.63. The van der Waals surface area contributed by atoms with E-state index in [4.69, 9.17) is 0 Å². The van der Waals surface area contributed by atoms with Crippen LogP contribution in [0.3, 0.4) is 0 Å². The Hall–Kier alpha value is -0.0400. The van der Waals surface area contributed by atoms with E-state index in [-0.39, 0.29) is 0 Å². The third kappa shape index (κ3) is 8.92. The zero-order chi connectivity index (χ0) is 12.1. The van der Waals surface area contributed by atoms with Crippen LogP contribution < -0.4 is 5.32 Å². The minimum Gasteiger partial charge on any atom is -0.316 e. The molecule has 0 aliphatic rings. The molecule has 0 spiro atoms. The van der Waals surface area contributed by atoms with E-state index in [9.17, 15) is 0 Å². The quantitative estimate of drug-likeness (QED) is 0.678. The molecule has 1 heteroatoms. The lowest BCUT2D eigenvalue weighted by molar-refractivity contribution is 0.240. The van der Waals surface area contributed by atoms with Crippen molar-refractivity contribution in [3.63, 3.8) is 0 Å². The van der Waals surface area contributed by atoms with E-state index >= 15 is 0 Å². The molecule has 0 heterocycles. The van der Waals surface area contributed by atoms with E-state index < -0.39 is 0 Å². The summed E-state index contributed by atoms with van der Waals surface area (Å²) in [5.41, 5.74) is 0.875. The van der Waals surface area contributed by atoms with Crippen LogP contribution in [-0.2, 0) is 0 Å². The Kier molecular flexibility index (Phi) is 5.87. The van der Waals surface area contributed by atoms with Gasteiger partial charge in [-0.1, -0.05) is 48.5 Å². The second-order valence-corrected chi connectivity index (χ2v) is 7.15. The first-order valence-corrected chi connectivity index (χ1v) is 6.33. The van der Waals surface area contributed by atoms with Crippen molar-refractivity contribution in [1.82, 2.24) is 5.32 Å². The molecule has 0 aromatic carbocycles. The average Bonchev–Trinajstić information content (AvgIpc) is 1.99. The van der Waals surface area contributed by atoms with Gasteiger partial charge in [-0.3, -0.25) is 0 Å². The van der Waals surface area contributed by atoms with Gasteiger partial charge in [-0.05, 0) is 42.7 Å². The molecule has 0 aromatic rings. The Morgan fingerprint density at radius 1 is 1.00 bits per heavy atom. The van der Waals surface area contributed by atoms with Gasteiger partial charge in [0, 0.05) is 0 Å². The molecule has 0 fully saturated rings. The fraction of sp³-hybridized carbons (Fsp3) is 1.00. The highest BCUT2D eigenvalue weighted by atomic mass is 14.9. The summed E-state index contributed by atoms with van der Waals surface area (Å²) in [5.74, 6) is 0.814. The van der Waals surface area contributed by atoms with Crippen molar-refractivity contribution in [1.29, 1.82) is 0 Å². The predicted molar refractivity (Wildman–Crippen MR) is 70.2 cm³/mol. The molecule has 15 heavy (non-hydrogen) atoms. The molecule has 1 atom stereocenters. The summed E-state index contributed by atoms with van der Waals surface area (Å²) in [6.45, 7) is 18.5. The Morgan fingerprint density at radius 3 is 1.93 bits per heavy atom. The Morgan fingerprint density at radius 2 is 1.53 bits per heavy atom. The summed E-state index contributed by atoms with van der Waals surface area (Å²) in [6, 6.07) is 0. The molecular formula is C14H31N. The van der Waals surface area contributed by atoms with Gasteiger partial charge in [0.25, 0.3) is 0 Å². The molecule has 0 unspecified atom stereocenters. The normalized spacial score (nSPS) is 15.4. The van der Waals surface area contributed by atoms with E-state index in [0.29, 0.717) is 10.8 Å². The number of hydrogen-bond acceptors (Lipinski definition) is 1. The Labute approximate surface area is 97.0 Å². The highest BCUT2D eigenvalue weighted by molar-refractivity contribution is 4.70. The number of nitrogens with one attached hydrogen (secondary N) is 1. The molecule has 0 bridgehead atoms. The first-order valence-electron chi connectivity index (χ1n) is 6.33. The predicted octanol–water partition coefficient (Wildman–Crippen LogP) is 4.08. The molecule has 0 saturated carbocycles. The minimum absolute atomic E-state index is 0.412. The topological polar surface area (TPSA) is 12.0 Å². The van der Waals surface area contributed by atoms with Crippen molar-refractivity contribution in [3.05, 3.63) is 0 Å². The van der Waals surface area contributed by atoms with Gasteiger partial charge in [-0.15, -0.1) is 0 Å². The van der Waals surface area contributed by atoms with Crippen LogP contribution in [0.5, 0.6) is 0 Å². The zero-order valence-corrected chi connectivity index (χ0v) is 11.9. The third-order valence-electron chi connectivity index (χ3n) is 3.12. The largest absolute Gasteiger partial charge is 0.316 e. The van der Waals surface area contributed by atoms with Crippen LogP contribution in [0.25, 0.3) is 0 Å². The van der Waals surface area contributed by atoms with Crippen molar-refractivity contribution in [2.45, 2.75) is 61.3 Å². The molecule has 0 amide bonds. The fourth-order valence-corrected chi connectivity index (χ4v) is 1.43. The van der Waals surface area contributed by atoms with E-state index in [1.807, 2.05) is 0 Å². The van der Waals surface area contributed by atoms with Gasteiger partial charge in [0.05, 0.1) is 0 Å². The van der Waals surface area contributed by atoms with Crippen molar-refractivity contribution in [3.8, 4) is 0 Å². The van der Waals surface area contributed by atoms with Crippen molar-refractivity contribution in [2.24, 2.45) is 16.7 Å². The van der Waals surface area contributed by atoms with Crippen molar-refractivity contribution < 1.29 is 0 Å². The standard InChI is InChI=1S/C14H31N/c1-12(14(5,6)7)9-8-10-15-11-13(2,3)4/h12,15H,8-11H2,1-7H3/t12-/m1/s1. The maximum atomic E-state index is 3.53. The van der Waals surface area contributed by atoms with E-state index in [1.165, 1.54) is 12.8 Å². The first kappa shape index (κ1) is 15.0. The molecule has 0 aromatic heterocycles.